The lowest BCUT2D eigenvalue weighted by Gasteiger charge is -2.15. The van der Waals surface area contributed by atoms with Crippen molar-refractivity contribution in [2.24, 2.45) is 0 Å². The number of hydrogen-bond donors (Lipinski definition) is 3. The highest BCUT2D eigenvalue weighted by atomic mass is 32.2. The monoisotopic (exact) mass is 574 g/mol. The molecule has 0 bridgehead atoms. The summed E-state index contributed by atoms with van der Waals surface area (Å²) in [4.78, 5) is 8.85. The zero-order valence-electron chi connectivity index (χ0n) is 21.2. The number of aromatic nitrogens is 2. The van der Waals surface area contributed by atoms with Gasteiger partial charge in [0.15, 0.2) is 5.82 Å². The second-order valence-corrected chi connectivity index (χ2v) is 12.3. The van der Waals surface area contributed by atoms with Crippen LogP contribution in [0.1, 0.15) is 17.5 Å². The fourth-order valence-corrected chi connectivity index (χ4v) is 6.15. The van der Waals surface area contributed by atoms with E-state index in [2.05, 4.69) is 21.8 Å². The summed E-state index contributed by atoms with van der Waals surface area (Å²) >= 11 is 0. The van der Waals surface area contributed by atoms with Gasteiger partial charge in [-0.15, -0.1) is 0 Å². The van der Waals surface area contributed by atoms with Crippen molar-refractivity contribution in [2.45, 2.75) is 29.1 Å². The van der Waals surface area contributed by atoms with E-state index in [1.165, 1.54) is 48.0 Å². The second-order valence-electron chi connectivity index (χ2n) is 9.19. The minimum atomic E-state index is -4.67. The van der Waals surface area contributed by atoms with Gasteiger partial charge in [0.2, 0.25) is 0 Å². The van der Waals surface area contributed by atoms with Crippen molar-refractivity contribution in [3.63, 3.8) is 0 Å². The topological polar surface area (TPSA) is 152 Å². The van der Waals surface area contributed by atoms with Crippen molar-refractivity contribution in [3.8, 4) is 11.3 Å². The highest BCUT2D eigenvalue weighted by Gasteiger charge is 2.24. The van der Waals surface area contributed by atoms with E-state index >= 15 is 0 Å². The van der Waals surface area contributed by atoms with Crippen LogP contribution >= 0.6 is 0 Å². The Morgan fingerprint density at radius 2 is 1.45 bits per heavy atom. The fraction of sp³-hybridized carbons (Fsp3) is 0.103. The summed E-state index contributed by atoms with van der Waals surface area (Å²) in [6, 6.07) is 26.8. The van der Waals surface area contributed by atoms with Gasteiger partial charge < -0.3 is 5.73 Å². The molecule has 5 rings (SSSR count). The van der Waals surface area contributed by atoms with Crippen LogP contribution in [0.25, 0.3) is 22.3 Å². The zero-order valence-corrected chi connectivity index (χ0v) is 22.9. The van der Waals surface area contributed by atoms with Crippen molar-refractivity contribution < 1.29 is 21.4 Å². The number of anilines is 2. The summed E-state index contributed by atoms with van der Waals surface area (Å²) in [5, 5.41) is 0. The molecule has 1 heterocycles. The Kier molecular flexibility index (Phi) is 7.53. The van der Waals surface area contributed by atoms with Crippen LogP contribution in [-0.2, 0) is 33.0 Å². The SMILES string of the molecule is Nc1ccc(S(=O)(=O)Nc2nc3cccc(CCCc4ccccc4)c3nc2-c2ccccc2S(=O)(=O)O)cc1. The van der Waals surface area contributed by atoms with Crippen LogP contribution in [0.5, 0.6) is 0 Å². The lowest BCUT2D eigenvalue weighted by Crippen LogP contribution is -2.16. The van der Waals surface area contributed by atoms with E-state index in [0.29, 0.717) is 23.1 Å². The molecule has 0 saturated carbocycles. The third-order valence-corrected chi connectivity index (χ3v) is 8.64. The maximum atomic E-state index is 13.3. The van der Waals surface area contributed by atoms with Crippen molar-refractivity contribution >= 4 is 42.7 Å². The number of nitrogens with one attached hydrogen (secondary N) is 1. The normalized spacial score (nSPS) is 11.9. The zero-order chi connectivity index (χ0) is 28.3. The van der Waals surface area contributed by atoms with Crippen molar-refractivity contribution in [3.05, 3.63) is 108 Å². The second kappa shape index (κ2) is 11.0. The first kappa shape index (κ1) is 27.3. The minimum absolute atomic E-state index is 0.00787. The third kappa shape index (κ3) is 5.96. The molecule has 0 aliphatic rings. The van der Waals surface area contributed by atoms with Crippen LogP contribution in [0.15, 0.2) is 107 Å². The van der Waals surface area contributed by atoms with Gasteiger partial charge in [-0.25, -0.2) is 18.4 Å². The number of sulfonamides is 1. The largest absolute Gasteiger partial charge is 0.399 e. The van der Waals surface area contributed by atoms with E-state index in [1.54, 1.807) is 12.1 Å². The Morgan fingerprint density at radius 1 is 0.750 bits per heavy atom. The van der Waals surface area contributed by atoms with Gasteiger partial charge >= 0.3 is 0 Å². The number of hydrogen-bond acceptors (Lipinski definition) is 7. The number of benzene rings is 4. The van der Waals surface area contributed by atoms with Crippen molar-refractivity contribution in [1.29, 1.82) is 0 Å². The van der Waals surface area contributed by atoms with Gasteiger partial charge in [0.05, 0.1) is 15.9 Å². The Balaban J connectivity index is 1.63. The molecule has 0 radical (unpaired) electrons. The van der Waals surface area contributed by atoms with E-state index in [-0.39, 0.29) is 22.0 Å². The van der Waals surface area contributed by atoms with Gasteiger partial charge in [0.25, 0.3) is 20.1 Å². The molecule has 9 nitrogen and oxygen atoms in total. The molecule has 0 amide bonds. The van der Waals surface area contributed by atoms with Crippen LogP contribution in [0.3, 0.4) is 0 Å². The van der Waals surface area contributed by atoms with E-state index in [0.717, 1.165) is 18.4 Å². The summed E-state index contributed by atoms with van der Waals surface area (Å²) in [6.07, 6.45) is 2.34. The van der Waals surface area contributed by atoms with Crippen LogP contribution in [0.4, 0.5) is 11.5 Å². The predicted octanol–water partition coefficient (Wildman–Crippen LogP) is 5.10. The maximum absolute atomic E-state index is 13.3. The molecule has 1 aromatic heterocycles. The molecule has 0 fully saturated rings. The maximum Gasteiger partial charge on any atom is 0.295 e. The van der Waals surface area contributed by atoms with Crippen LogP contribution in [0, 0.1) is 0 Å². The average Bonchev–Trinajstić information content (AvgIpc) is 2.93. The first-order valence-electron chi connectivity index (χ1n) is 12.4. The Bertz CT molecular complexity index is 1900. The summed E-state index contributed by atoms with van der Waals surface area (Å²) in [5.41, 5.74) is 9.09. The average molecular weight is 575 g/mol. The number of nitrogen functional groups attached to an aromatic ring is 1. The molecule has 4 aromatic carbocycles. The molecule has 0 atom stereocenters. The van der Waals surface area contributed by atoms with E-state index in [1.807, 2.05) is 30.3 Å². The Morgan fingerprint density at radius 3 is 2.17 bits per heavy atom. The van der Waals surface area contributed by atoms with Crippen LogP contribution in [-0.4, -0.2) is 31.4 Å². The quantitative estimate of drug-likeness (QED) is 0.162. The highest BCUT2D eigenvalue weighted by molar-refractivity contribution is 7.92. The van der Waals surface area contributed by atoms with E-state index in [4.69, 9.17) is 10.7 Å². The molecule has 11 heteroatoms. The molecule has 5 aromatic rings. The molecule has 0 saturated heterocycles. The molecule has 0 aliphatic heterocycles. The van der Waals surface area contributed by atoms with E-state index < -0.39 is 25.0 Å². The molecule has 0 aliphatic carbocycles. The summed E-state index contributed by atoms with van der Waals surface area (Å²) in [7, 11) is -8.82. The molecular weight excluding hydrogens is 548 g/mol. The number of rotatable bonds is 9. The van der Waals surface area contributed by atoms with Gasteiger partial charge in [-0.05, 0) is 66.8 Å². The number of nitrogens with two attached hydrogens (primary N) is 1. The number of fused-ring (bicyclic) bond motifs is 1. The van der Waals surface area contributed by atoms with Gasteiger partial charge in [-0.1, -0.05) is 60.7 Å². The molecule has 4 N–H and O–H groups in total. The molecule has 0 spiro atoms. The molecular formula is C29H26N4O5S2. The fourth-order valence-electron chi connectivity index (χ4n) is 4.44. The lowest BCUT2D eigenvalue weighted by atomic mass is 10.0. The molecule has 40 heavy (non-hydrogen) atoms. The summed E-state index contributed by atoms with van der Waals surface area (Å²) in [5.74, 6) is -0.179. The predicted molar refractivity (Wildman–Crippen MR) is 155 cm³/mol. The van der Waals surface area contributed by atoms with Crippen molar-refractivity contribution in [1.82, 2.24) is 9.97 Å². The van der Waals surface area contributed by atoms with Gasteiger partial charge in [0, 0.05) is 11.3 Å². The smallest absolute Gasteiger partial charge is 0.295 e. The van der Waals surface area contributed by atoms with Crippen LogP contribution in [0.2, 0.25) is 0 Å². The minimum Gasteiger partial charge on any atom is -0.399 e. The van der Waals surface area contributed by atoms with Gasteiger partial charge in [0.1, 0.15) is 10.6 Å². The van der Waals surface area contributed by atoms with Crippen molar-refractivity contribution in [2.75, 3.05) is 10.5 Å². The number of para-hydroxylation sites is 1. The lowest BCUT2D eigenvalue weighted by molar-refractivity contribution is 0.483. The standard InChI is InChI=1S/C29H26N4O5S2/c30-22-16-18-23(19-17-22)39(34,35)33-29-28(24-13-4-5-15-26(24)40(36,37)38)32-27-21(12-7-14-25(27)31-29)11-6-10-20-8-2-1-3-9-20/h1-5,7-9,12-19H,6,10-11,30H2,(H,31,33)(H,36,37,38). The number of nitrogens with zero attached hydrogens (tertiary/aromatic N) is 2. The van der Waals surface area contributed by atoms with E-state index in [9.17, 15) is 21.4 Å². The van der Waals surface area contributed by atoms with Gasteiger partial charge in [-0.3, -0.25) is 9.27 Å². The highest BCUT2D eigenvalue weighted by Crippen LogP contribution is 2.34. The molecule has 0 unspecified atom stereocenters. The first-order chi connectivity index (χ1) is 19.1. The number of aryl methyl sites for hydroxylation is 2. The Hall–Kier alpha value is -4.32. The summed E-state index contributed by atoms with van der Waals surface area (Å²) < 4.78 is 63.4. The Labute approximate surface area is 232 Å². The first-order valence-corrected chi connectivity index (χ1v) is 15.3. The summed E-state index contributed by atoms with van der Waals surface area (Å²) in [6.45, 7) is 0. The van der Waals surface area contributed by atoms with Crippen LogP contribution < -0.4 is 10.5 Å². The molecule has 204 valence electrons. The van der Waals surface area contributed by atoms with Gasteiger partial charge in [-0.2, -0.15) is 8.42 Å². The third-order valence-electron chi connectivity index (χ3n) is 6.37.